The van der Waals surface area contributed by atoms with Gasteiger partial charge in [-0.1, -0.05) is 69.4 Å². The molecule has 0 aromatic heterocycles. The molecule has 0 unspecified atom stereocenters. The first kappa shape index (κ1) is 35.0. The standard InChI is InChI=1S/C34H57N5O4/c1-6-7-8-9-13-19-28(27(30(40)37-43)20-14-18-25-16-11-10-12-17-25)32(42)39-29(21-15-22-35-39)31(41)36-26-23-33(2,3)38-34(4,5)24-26/h10-12,16-17,26-29,35,38,43H,6-9,13-15,18-24H2,1-5H3,(H,36,41)(H,37,40)/t27-,28+,29-/m0/s1. The van der Waals surface area contributed by atoms with Crippen molar-refractivity contribution < 1.29 is 19.6 Å². The van der Waals surface area contributed by atoms with Crippen molar-refractivity contribution in [3.63, 3.8) is 0 Å². The van der Waals surface area contributed by atoms with Crippen molar-refractivity contribution >= 4 is 17.7 Å². The summed E-state index contributed by atoms with van der Waals surface area (Å²) in [4.78, 5) is 41.2. The number of hydrogen-bond donors (Lipinski definition) is 5. The van der Waals surface area contributed by atoms with E-state index in [4.69, 9.17) is 0 Å². The van der Waals surface area contributed by atoms with Gasteiger partial charge in [-0.15, -0.1) is 0 Å². The molecule has 0 bridgehead atoms. The Morgan fingerprint density at radius 3 is 2.26 bits per heavy atom. The molecule has 5 N–H and O–H groups in total. The summed E-state index contributed by atoms with van der Waals surface area (Å²) in [7, 11) is 0. The third-order valence-electron chi connectivity index (χ3n) is 9.02. The Morgan fingerprint density at radius 2 is 1.60 bits per heavy atom. The summed E-state index contributed by atoms with van der Waals surface area (Å²) >= 11 is 0. The lowest BCUT2D eigenvalue weighted by atomic mass is 9.79. The van der Waals surface area contributed by atoms with E-state index in [1.807, 2.05) is 23.7 Å². The average Bonchev–Trinajstić information content (AvgIpc) is 2.96. The molecule has 0 radical (unpaired) electrons. The predicted octanol–water partition coefficient (Wildman–Crippen LogP) is 5.03. The quantitative estimate of drug-likeness (QED) is 0.110. The molecule has 0 saturated carbocycles. The van der Waals surface area contributed by atoms with Crippen LogP contribution >= 0.6 is 0 Å². The number of piperidine rings is 1. The van der Waals surface area contributed by atoms with Crippen LogP contribution in [0.2, 0.25) is 0 Å². The van der Waals surface area contributed by atoms with Crippen LogP contribution in [0.1, 0.15) is 117 Å². The number of benzene rings is 1. The Morgan fingerprint density at radius 1 is 0.953 bits per heavy atom. The fraction of sp³-hybridized carbons (Fsp3) is 0.735. The van der Waals surface area contributed by atoms with E-state index in [9.17, 15) is 19.6 Å². The van der Waals surface area contributed by atoms with Gasteiger partial charge in [-0.3, -0.25) is 24.6 Å². The molecule has 2 heterocycles. The predicted molar refractivity (Wildman–Crippen MR) is 170 cm³/mol. The molecule has 2 fully saturated rings. The maximum Gasteiger partial charge on any atom is 0.247 e. The van der Waals surface area contributed by atoms with E-state index in [2.05, 4.69) is 62.8 Å². The van der Waals surface area contributed by atoms with Crippen molar-refractivity contribution in [1.29, 1.82) is 0 Å². The fourth-order valence-corrected chi connectivity index (χ4v) is 7.35. The summed E-state index contributed by atoms with van der Waals surface area (Å²) in [6.45, 7) is 11.4. The molecule has 43 heavy (non-hydrogen) atoms. The Bertz CT molecular complexity index is 1010. The number of aryl methyl sites for hydroxylation is 1. The van der Waals surface area contributed by atoms with Gasteiger partial charge in [0.2, 0.25) is 17.7 Å². The Labute approximate surface area is 259 Å². The van der Waals surface area contributed by atoms with Crippen LogP contribution in [0.15, 0.2) is 30.3 Å². The number of carbonyl (C=O) groups is 3. The minimum Gasteiger partial charge on any atom is -0.351 e. The molecule has 1 aromatic rings. The van der Waals surface area contributed by atoms with Gasteiger partial charge >= 0.3 is 0 Å². The van der Waals surface area contributed by atoms with Crippen molar-refractivity contribution in [2.24, 2.45) is 11.8 Å². The third kappa shape index (κ3) is 10.9. The highest BCUT2D eigenvalue weighted by atomic mass is 16.5. The zero-order chi connectivity index (χ0) is 31.5. The molecule has 0 aliphatic carbocycles. The molecule has 9 heteroatoms. The number of amides is 3. The largest absolute Gasteiger partial charge is 0.351 e. The van der Waals surface area contributed by atoms with Gasteiger partial charge in [0.05, 0.1) is 11.8 Å². The maximum atomic E-state index is 14.3. The lowest BCUT2D eigenvalue weighted by Gasteiger charge is -2.47. The number of hydrazine groups is 1. The van der Waals surface area contributed by atoms with E-state index in [1.165, 1.54) is 10.6 Å². The fourth-order valence-electron chi connectivity index (χ4n) is 7.35. The van der Waals surface area contributed by atoms with Crippen LogP contribution in [0.4, 0.5) is 0 Å². The molecule has 0 spiro atoms. The Hall–Kier alpha value is -2.49. The van der Waals surface area contributed by atoms with Gasteiger partial charge in [0.25, 0.3) is 0 Å². The number of carbonyl (C=O) groups excluding carboxylic acids is 3. The van der Waals surface area contributed by atoms with Crippen molar-refractivity contribution in [3.05, 3.63) is 35.9 Å². The molecule has 1 aromatic carbocycles. The van der Waals surface area contributed by atoms with Crippen LogP contribution in [0, 0.1) is 11.8 Å². The number of unbranched alkanes of at least 4 members (excludes halogenated alkanes) is 4. The molecular formula is C34H57N5O4. The lowest BCUT2D eigenvalue weighted by Crippen LogP contribution is -2.65. The first-order valence-electron chi connectivity index (χ1n) is 16.6. The van der Waals surface area contributed by atoms with Gasteiger partial charge in [0, 0.05) is 23.7 Å². The highest BCUT2D eigenvalue weighted by molar-refractivity contribution is 5.91. The number of nitrogens with one attached hydrogen (secondary N) is 4. The second-order valence-electron chi connectivity index (χ2n) is 14.1. The molecule has 3 amide bonds. The maximum absolute atomic E-state index is 14.3. The molecule has 9 nitrogen and oxygen atoms in total. The van der Waals surface area contributed by atoms with E-state index in [0.29, 0.717) is 32.2 Å². The summed E-state index contributed by atoms with van der Waals surface area (Å²) in [5.41, 5.74) is 6.01. The van der Waals surface area contributed by atoms with E-state index in [0.717, 1.165) is 57.8 Å². The van der Waals surface area contributed by atoms with Crippen LogP contribution in [0.5, 0.6) is 0 Å². The Kier molecular flexibility index (Phi) is 13.5. The first-order chi connectivity index (χ1) is 20.5. The zero-order valence-electron chi connectivity index (χ0n) is 27.2. The van der Waals surface area contributed by atoms with Gasteiger partial charge in [-0.25, -0.2) is 10.9 Å². The first-order valence-corrected chi connectivity index (χ1v) is 16.6. The van der Waals surface area contributed by atoms with Crippen LogP contribution < -0.4 is 21.5 Å². The molecule has 242 valence electrons. The number of rotatable bonds is 15. The van der Waals surface area contributed by atoms with Crippen LogP contribution in [-0.4, -0.2) is 57.6 Å². The van der Waals surface area contributed by atoms with Gasteiger partial charge in [-0.05, 0) is 84.6 Å². The summed E-state index contributed by atoms with van der Waals surface area (Å²) < 4.78 is 0. The highest BCUT2D eigenvalue weighted by Gasteiger charge is 2.43. The van der Waals surface area contributed by atoms with E-state index >= 15 is 0 Å². The van der Waals surface area contributed by atoms with E-state index < -0.39 is 23.8 Å². The third-order valence-corrected chi connectivity index (χ3v) is 9.02. The summed E-state index contributed by atoms with van der Waals surface area (Å²) in [5.74, 6) is -2.23. The molecule has 3 atom stereocenters. The van der Waals surface area contributed by atoms with Crippen molar-refractivity contribution in [3.8, 4) is 0 Å². The summed E-state index contributed by atoms with van der Waals surface area (Å²) in [6.07, 6.45) is 10.6. The summed E-state index contributed by atoms with van der Waals surface area (Å²) in [6, 6.07) is 9.43. The van der Waals surface area contributed by atoms with Crippen molar-refractivity contribution in [2.75, 3.05) is 6.54 Å². The van der Waals surface area contributed by atoms with Crippen LogP contribution in [0.3, 0.4) is 0 Å². The number of hydrogen-bond acceptors (Lipinski definition) is 6. The minimum absolute atomic E-state index is 0.00195. The minimum atomic E-state index is -0.689. The van der Waals surface area contributed by atoms with E-state index in [1.54, 1.807) is 0 Å². The molecule has 2 saturated heterocycles. The number of hydroxylamine groups is 1. The van der Waals surface area contributed by atoms with Crippen molar-refractivity contribution in [2.45, 2.75) is 141 Å². The SMILES string of the molecule is CCCCCCC[C@@H](C(=O)N1NCCC[C@H]1C(=O)NC1CC(C)(C)NC(C)(C)C1)[C@H](CCCc1ccccc1)C(=O)NO. The van der Waals surface area contributed by atoms with E-state index in [-0.39, 0.29) is 28.9 Å². The molecule has 2 aliphatic rings. The summed E-state index contributed by atoms with van der Waals surface area (Å²) in [5, 5.41) is 18.1. The van der Waals surface area contributed by atoms with Gasteiger partial charge in [0.15, 0.2) is 0 Å². The number of nitrogens with zero attached hydrogens (tertiary/aromatic N) is 1. The van der Waals surface area contributed by atoms with Gasteiger partial charge in [-0.2, -0.15) is 0 Å². The van der Waals surface area contributed by atoms with Crippen molar-refractivity contribution in [1.82, 2.24) is 26.5 Å². The molecule has 3 rings (SSSR count). The average molecular weight is 600 g/mol. The lowest BCUT2D eigenvalue weighted by molar-refractivity contribution is -0.155. The molecular weight excluding hydrogens is 542 g/mol. The van der Waals surface area contributed by atoms with Crippen LogP contribution in [0.25, 0.3) is 0 Å². The normalized spacial score (nSPS) is 21.5. The second kappa shape index (κ2) is 16.5. The Balaban J connectivity index is 1.78. The van der Waals surface area contributed by atoms with Crippen LogP contribution in [-0.2, 0) is 20.8 Å². The second-order valence-corrected chi connectivity index (χ2v) is 14.1. The molecule has 2 aliphatic heterocycles. The van der Waals surface area contributed by atoms with Gasteiger partial charge < -0.3 is 10.6 Å². The monoisotopic (exact) mass is 599 g/mol. The van der Waals surface area contributed by atoms with Gasteiger partial charge in [0.1, 0.15) is 6.04 Å². The highest BCUT2D eigenvalue weighted by Crippen LogP contribution is 2.31. The zero-order valence-corrected chi connectivity index (χ0v) is 27.2. The topological polar surface area (TPSA) is 123 Å². The smallest absolute Gasteiger partial charge is 0.247 e.